The van der Waals surface area contributed by atoms with Gasteiger partial charge >= 0.3 is 0 Å². The van der Waals surface area contributed by atoms with Crippen molar-refractivity contribution in [1.29, 1.82) is 0 Å². The second-order valence-corrected chi connectivity index (χ2v) is 12.3. The number of hydrogen-bond acceptors (Lipinski definition) is 1. The molecule has 0 radical (unpaired) electrons. The van der Waals surface area contributed by atoms with E-state index >= 15 is 0 Å². The van der Waals surface area contributed by atoms with Gasteiger partial charge in [-0.15, -0.1) is 0 Å². The van der Waals surface area contributed by atoms with Gasteiger partial charge in [0, 0.05) is 38.5 Å². The topological polar surface area (TPSA) is 19.0 Å². The van der Waals surface area contributed by atoms with Crippen LogP contribution in [-0.2, 0) is 5.41 Å². The van der Waals surface area contributed by atoms with Gasteiger partial charge in [-0.3, -0.25) is 0 Å². The summed E-state index contributed by atoms with van der Waals surface area (Å²) < 4.78 is 0. The van der Waals surface area contributed by atoms with Crippen LogP contribution in [0.3, 0.4) is 0 Å². The van der Waals surface area contributed by atoms with Crippen LogP contribution in [0.5, 0.6) is 0 Å². The zero-order chi connectivity index (χ0) is 27.5. The van der Waals surface area contributed by atoms with Gasteiger partial charge in [-0.2, -0.15) is 0 Å². The molecule has 3 heteroatoms. The molecule has 0 fully saturated rings. The van der Waals surface area contributed by atoms with Gasteiger partial charge in [-0.1, -0.05) is 116 Å². The monoisotopic (exact) mass is 524 g/mol. The number of fused-ring (bicyclic) bond motifs is 9. The number of hydrogen-bond donors (Lipinski definition) is 1. The lowest BCUT2D eigenvalue weighted by Crippen LogP contribution is -2.45. The highest BCUT2D eigenvalue weighted by molar-refractivity contribution is 6.73. The number of para-hydroxylation sites is 3. The quantitative estimate of drug-likeness (QED) is 0.214. The Morgan fingerprint density at radius 1 is 0.634 bits per heavy atom. The molecule has 0 atom stereocenters. The number of aryl methyl sites for hydroxylation is 1. The Bertz CT molecular complexity index is 2240. The molecule has 0 amide bonds. The molecule has 9 rings (SSSR count). The van der Waals surface area contributed by atoms with Crippen molar-refractivity contribution in [2.75, 3.05) is 4.90 Å². The van der Waals surface area contributed by atoms with E-state index in [0.29, 0.717) is 0 Å². The Labute approximate surface area is 240 Å². The van der Waals surface area contributed by atoms with Crippen LogP contribution in [0.25, 0.3) is 43.7 Å². The van der Waals surface area contributed by atoms with Gasteiger partial charge in [0.15, 0.2) is 7.28 Å². The molecule has 2 aliphatic heterocycles. The van der Waals surface area contributed by atoms with Gasteiger partial charge < -0.3 is 9.88 Å². The molecule has 0 unspecified atom stereocenters. The number of rotatable bonds is 1. The molecular formula is C38H29BN2. The zero-order valence-electron chi connectivity index (χ0n) is 23.5. The first kappa shape index (κ1) is 23.0. The minimum Gasteiger partial charge on any atom is -0.353 e. The fourth-order valence-corrected chi connectivity index (χ4v) is 7.72. The first-order chi connectivity index (χ1) is 20.0. The summed E-state index contributed by atoms with van der Waals surface area (Å²) in [6, 6.07) is 40.7. The normalized spacial score (nSPS) is 14.6. The van der Waals surface area contributed by atoms with Gasteiger partial charge in [-0.05, 0) is 52.2 Å². The van der Waals surface area contributed by atoms with Crippen molar-refractivity contribution < 1.29 is 0 Å². The molecule has 41 heavy (non-hydrogen) atoms. The molecule has 2 nitrogen and oxygen atoms in total. The summed E-state index contributed by atoms with van der Waals surface area (Å²) in [7, 11) is 0.919. The van der Waals surface area contributed by atoms with Crippen LogP contribution in [-0.4, -0.2) is 12.3 Å². The molecule has 0 bridgehead atoms. The van der Waals surface area contributed by atoms with Crippen LogP contribution in [0, 0.1) is 6.92 Å². The van der Waals surface area contributed by atoms with Crippen molar-refractivity contribution in [3.63, 3.8) is 0 Å². The lowest BCUT2D eigenvalue weighted by atomic mass is 9.56. The number of aromatic amines is 1. The zero-order valence-corrected chi connectivity index (χ0v) is 23.5. The molecule has 6 aromatic carbocycles. The molecule has 0 saturated heterocycles. The Morgan fingerprint density at radius 3 is 2.32 bits per heavy atom. The number of nitrogens with zero attached hydrogens (tertiary/aromatic N) is 1. The van der Waals surface area contributed by atoms with E-state index < -0.39 is 0 Å². The molecule has 1 aromatic heterocycles. The number of anilines is 3. The summed E-state index contributed by atoms with van der Waals surface area (Å²) in [4.78, 5) is 6.45. The van der Waals surface area contributed by atoms with Crippen LogP contribution in [0.1, 0.15) is 30.5 Å². The van der Waals surface area contributed by atoms with E-state index in [-0.39, 0.29) is 5.41 Å². The third-order valence-electron chi connectivity index (χ3n) is 9.64. The molecule has 1 N–H and O–H groups in total. The van der Waals surface area contributed by atoms with Crippen molar-refractivity contribution in [2.24, 2.45) is 0 Å². The Balaban J connectivity index is 1.35. The third kappa shape index (κ3) is 2.98. The van der Waals surface area contributed by atoms with Crippen molar-refractivity contribution in [3.05, 3.63) is 126 Å². The van der Waals surface area contributed by atoms with Crippen molar-refractivity contribution in [1.82, 2.24) is 4.98 Å². The van der Waals surface area contributed by atoms with E-state index in [4.69, 9.17) is 0 Å². The van der Waals surface area contributed by atoms with Crippen LogP contribution < -0.4 is 15.8 Å². The Kier molecular flexibility index (Phi) is 4.44. The lowest BCUT2D eigenvalue weighted by molar-refractivity contribution is 0.632. The maximum atomic E-state index is 3.89. The van der Waals surface area contributed by atoms with E-state index in [0.717, 1.165) is 7.28 Å². The minimum absolute atomic E-state index is 0.0542. The van der Waals surface area contributed by atoms with Crippen molar-refractivity contribution >= 4 is 67.8 Å². The molecule has 0 aliphatic carbocycles. The molecule has 3 heterocycles. The summed E-state index contributed by atoms with van der Waals surface area (Å²) in [6.07, 6.45) is 0. The van der Waals surface area contributed by atoms with E-state index in [2.05, 4.69) is 140 Å². The van der Waals surface area contributed by atoms with Crippen LogP contribution in [0.2, 0.25) is 0 Å². The van der Waals surface area contributed by atoms with E-state index in [9.17, 15) is 0 Å². The summed E-state index contributed by atoms with van der Waals surface area (Å²) in [6.45, 7) is 6.98. The van der Waals surface area contributed by atoms with Gasteiger partial charge in [0.25, 0.3) is 0 Å². The van der Waals surface area contributed by atoms with Gasteiger partial charge in [-0.25, -0.2) is 0 Å². The van der Waals surface area contributed by atoms with Gasteiger partial charge in [0.05, 0.1) is 16.7 Å². The second-order valence-electron chi connectivity index (χ2n) is 12.3. The summed E-state index contributed by atoms with van der Waals surface area (Å²) in [5.41, 5.74) is 15.8. The van der Waals surface area contributed by atoms with Crippen LogP contribution >= 0.6 is 0 Å². The maximum absolute atomic E-state index is 3.89. The fourth-order valence-electron chi connectivity index (χ4n) is 7.72. The SMILES string of the molecule is Cc1cc(-c2cccc3c2[nH]c2c4ccccc4ccc32)c2c(c1)N1c3ccccc3C(C)(C)c3cccc(c31)B2. The van der Waals surface area contributed by atoms with E-state index in [1.165, 1.54) is 88.4 Å². The van der Waals surface area contributed by atoms with Crippen molar-refractivity contribution in [3.8, 4) is 11.1 Å². The fraction of sp³-hybridized carbons (Fsp3) is 0.105. The highest BCUT2D eigenvalue weighted by Crippen LogP contribution is 2.52. The van der Waals surface area contributed by atoms with Crippen molar-refractivity contribution in [2.45, 2.75) is 26.2 Å². The van der Waals surface area contributed by atoms with Gasteiger partial charge in [0.1, 0.15) is 0 Å². The summed E-state index contributed by atoms with van der Waals surface area (Å²) >= 11 is 0. The van der Waals surface area contributed by atoms with E-state index in [1.54, 1.807) is 0 Å². The van der Waals surface area contributed by atoms with Gasteiger partial charge in [0.2, 0.25) is 0 Å². The number of aromatic nitrogens is 1. The molecule has 0 spiro atoms. The first-order valence-corrected chi connectivity index (χ1v) is 14.6. The minimum atomic E-state index is -0.0542. The summed E-state index contributed by atoms with van der Waals surface area (Å²) in [5, 5.41) is 5.10. The molecule has 7 aromatic rings. The predicted molar refractivity (Wildman–Crippen MR) is 177 cm³/mol. The number of benzene rings is 6. The highest BCUT2D eigenvalue weighted by Gasteiger charge is 2.40. The summed E-state index contributed by atoms with van der Waals surface area (Å²) in [5.74, 6) is 0. The Hall–Kier alpha value is -4.76. The molecular weight excluding hydrogens is 495 g/mol. The van der Waals surface area contributed by atoms with E-state index in [1.807, 2.05) is 0 Å². The van der Waals surface area contributed by atoms with Crippen LogP contribution in [0.4, 0.5) is 17.1 Å². The Morgan fingerprint density at radius 2 is 1.39 bits per heavy atom. The maximum Gasteiger partial charge on any atom is 0.198 e. The largest absolute Gasteiger partial charge is 0.353 e. The first-order valence-electron chi connectivity index (χ1n) is 14.6. The standard InChI is InChI=1S/C38H29BN2/c1-22-20-28(26-13-8-12-25-27-19-18-23-10-4-5-11-24(23)35(27)40-36(25)26)34-33(21-22)41-32-17-7-6-14-29(32)38(2,3)30-15-9-16-31(39-34)37(30)41/h4-21,39-40H,1-3H3. The average molecular weight is 524 g/mol. The predicted octanol–water partition coefficient (Wildman–Crippen LogP) is 8.26. The smallest absolute Gasteiger partial charge is 0.198 e. The second kappa shape index (κ2) is 7.92. The third-order valence-corrected chi connectivity index (χ3v) is 9.64. The van der Waals surface area contributed by atoms with Crippen LogP contribution in [0.15, 0.2) is 109 Å². The lowest BCUT2D eigenvalue weighted by Gasteiger charge is -2.46. The molecule has 0 saturated carbocycles. The highest BCUT2D eigenvalue weighted by atomic mass is 15.2. The number of H-pyrrole nitrogens is 1. The molecule has 194 valence electrons. The molecule has 2 aliphatic rings. The number of nitrogens with one attached hydrogen (secondary N) is 1. The average Bonchev–Trinajstić information content (AvgIpc) is 3.38.